The smallest absolute Gasteiger partial charge is 0.0759 e. The maximum atomic E-state index is 4.44. The maximum absolute atomic E-state index is 4.44. The molecule has 1 unspecified atom stereocenters. The number of thiol groups is 1. The van der Waals surface area contributed by atoms with Crippen molar-refractivity contribution < 1.29 is 0 Å². The van der Waals surface area contributed by atoms with Gasteiger partial charge in [-0.1, -0.05) is 37.3 Å². The van der Waals surface area contributed by atoms with Gasteiger partial charge >= 0.3 is 0 Å². The van der Waals surface area contributed by atoms with E-state index in [1.807, 2.05) is 18.2 Å². The fourth-order valence-electron chi connectivity index (χ4n) is 1.03. The summed E-state index contributed by atoms with van der Waals surface area (Å²) in [5, 5.41) is 3.49. The summed E-state index contributed by atoms with van der Waals surface area (Å²) in [6.07, 6.45) is 1.14. The molecule has 1 atom stereocenters. The lowest BCUT2D eigenvalue weighted by Gasteiger charge is -2.11. The van der Waals surface area contributed by atoms with Gasteiger partial charge in [0.15, 0.2) is 0 Å². The first-order valence-electron chi connectivity index (χ1n) is 4.31. The van der Waals surface area contributed by atoms with Crippen LogP contribution in [0.3, 0.4) is 0 Å². The highest BCUT2D eigenvalue weighted by Gasteiger charge is 2.01. The molecule has 2 heteroatoms. The van der Waals surface area contributed by atoms with E-state index in [1.54, 1.807) is 0 Å². The van der Waals surface area contributed by atoms with Crippen LogP contribution in [0, 0.1) is 0 Å². The van der Waals surface area contributed by atoms with Gasteiger partial charge < -0.3 is 5.32 Å². The average molecular weight is 181 g/mol. The number of nitrogens with one attached hydrogen (secondary N) is 1. The van der Waals surface area contributed by atoms with E-state index in [9.17, 15) is 0 Å². The van der Waals surface area contributed by atoms with E-state index in [0.29, 0.717) is 0 Å². The molecule has 0 aliphatic carbocycles. The van der Waals surface area contributed by atoms with Crippen molar-refractivity contribution in [2.45, 2.75) is 18.7 Å². The van der Waals surface area contributed by atoms with Crippen LogP contribution < -0.4 is 5.32 Å². The first-order chi connectivity index (χ1) is 5.84. The Hall–Kier alpha value is -0.470. The molecular formula is C10H15NS. The molecule has 0 aromatic heterocycles. The molecule has 0 amide bonds. The van der Waals surface area contributed by atoms with Crippen molar-refractivity contribution in [2.75, 3.05) is 6.54 Å². The lowest BCUT2D eigenvalue weighted by atomic mass is 10.2. The number of hydrogen-bond donors (Lipinski definition) is 2. The lowest BCUT2D eigenvalue weighted by molar-refractivity contribution is 0.665. The van der Waals surface area contributed by atoms with Crippen molar-refractivity contribution in [2.24, 2.45) is 0 Å². The summed E-state index contributed by atoms with van der Waals surface area (Å²) in [4.78, 5) is 0. The number of rotatable bonds is 4. The van der Waals surface area contributed by atoms with E-state index in [-0.39, 0.29) is 5.37 Å². The van der Waals surface area contributed by atoms with Gasteiger partial charge in [0, 0.05) is 0 Å². The van der Waals surface area contributed by atoms with E-state index < -0.39 is 0 Å². The molecule has 0 bridgehead atoms. The van der Waals surface area contributed by atoms with Crippen LogP contribution in [0.25, 0.3) is 0 Å². The van der Waals surface area contributed by atoms with Crippen molar-refractivity contribution in [3.05, 3.63) is 35.9 Å². The molecule has 1 aromatic rings. The predicted octanol–water partition coefficient (Wildman–Crippen LogP) is 2.61. The molecule has 1 nitrogen and oxygen atoms in total. The molecule has 12 heavy (non-hydrogen) atoms. The second-order valence-electron chi connectivity index (χ2n) is 2.77. The molecule has 0 fully saturated rings. The highest BCUT2D eigenvalue weighted by Crippen LogP contribution is 2.15. The van der Waals surface area contributed by atoms with Gasteiger partial charge in [-0.25, -0.2) is 0 Å². The SMILES string of the molecule is CCCNC(S)c1ccccc1. The monoisotopic (exact) mass is 181 g/mol. The van der Waals surface area contributed by atoms with Gasteiger partial charge in [-0.05, 0) is 18.5 Å². The highest BCUT2D eigenvalue weighted by atomic mass is 32.1. The van der Waals surface area contributed by atoms with Crippen LogP contribution >= 0.6 is 12.6 Å². The van der Waals surface area contributed by atoms with Gasteiger partial charge in [-0.3, -0.25) is 0 Å². The molecular weight excluding hydrogens is 166 g/mol. The fourth-order valence-corrected chi connectivity index (χ4v) is 1.34. The Morgan fingerprint density at radius 3 is 2.58 bits per heavy atom. The molecule has 66 valence electrons. The number of hydrogen-bond acceptors (Lipinski definition) is 2. The molecule has 0 saturated carbocycles. The van der Waals surface area contributed by atoms with Crippen LogP contribution in [-0.4, -0.2) is 6.54 Å². The Morgan fingerprint density at radius 2 is 2.00 bits per heavy atom. The van der Waals surface area contributed by atoms with Crippen LogP contribution in [0.2, 0.25) is 0 Å². The Balaban J connectivity index is 2.48. The van der Waals surface area contributed by atoms with Crippen molar-refractivity contribution in [1.82, 2.24) is 5.32 Å². The summed E-state index contributed by atoms with van der Waals surface area (Å²) in [7, 11) is 0. The van der Waals surface area contributed by atoms with Gasteiger partial charge in [0.25, 0.3) is 0 Å². The Kier molecular flexibility index (Phi) is 4.19. The van der Waals surface area contributed by atoms with E-state index in [0.717, 1.165) is 13.0 Å². The molecule has 0 spiro atoms. The predicted molar refractivity (Wildman–Crippen MR) is 56.5 cm³/mol. The molecule has 0 heterocycles. The third kappa shape index (κ3) is 2.88. The quantitative estimate of drug-likeness (QED) is 0.537. The van der Waals surface area contributed by atoms with E-state index in [2.05, 4.69) is 37.0 Å². The average Bonchev–Trinajstić information content (AvgIpc) is 2.15. The maximum Gasteiger partial charge on any atom is 0.0759 e. The molecule has 0 aliphatic rings. The summed E-state index contributed by atoms with van der Waals surface area (Å²) in [6.45, 7) is 3.17. The molecule has 0 radical (unpaired) electrons. The zero-order valence-electron chi connectivity index (χ0n) is 7.33. The lowest BCUT2D eigenvalue weighted by Crippen LogP contribution is -2.17. The minimum atomic E-state index is 0.172. The first kappa shape index (κ1) is 9.62. The van der Waals surface area contributed by atoms with Gasteiger partial charge in [-0.15, -0.1) is 0 Å². The fraction of sp³-hybridized carbons (Fsp3) is 0.400. The number of benzene rings is 1. The topological polar surface area (TPSA) is 12.0 Å². The van der Waals surface area contributed by atoms with Crippen molar-refractivity contribution in [3.63, 3.8) is 0 Å². The third-order valence-electron chi connectivity index (χ3n) is 1.70. The minimum absolute atomic E-state index is 0.172. The second kappa shape index (κ2) is 5.22. The summed E-state index contributed by atoms with van der Waals surface area (Å²) in [6, 6.07) is 10.3. The second-order valence-corrected chi connectivity index (χ2v) is 3.28. The molecule has 1 rings (SSSR count). The molecule has 0 saturated heterocycles. The van der Waals surface area contributed by atoms with Crippen molar-refractivity contribution in [3.8, 4) is 0 Å². The highest BCUT2D eigenvalue weighted by molar-refractivity contribution is 7.80. The zero-order chi connectivity index (χ0) is 8.81. The van der Waals surface area contributed by atoms with Gasteiger partial charge in [-0.2, -0.15) is 12.6 Å². The van der Waals surface area contributed by atoms with E-state index in [4.69, 9.17) is 0 Å². The summed E-state index contributed by atoms with van der Waals surface area (Å²) >= 11 is 4.44. The minimum Gasteiger partial charge on any atom is -0.302 e. The summed E-state index contributed by atoms with van der Waals surface area (Å²) in [5.41, 5.74) is 1.23. The third-order valence-corrected chi connectivity index (χ3v) is 2.18. The zero-order valence-corrected chi connectivity index (χ0v) is 8.22. The molecule has 1 aromatic carbocycles. The van der Waals surface area contributed by atoms with Crippen LogP contribution in [0.15, 0.2) is 30.3 Å². The van der Waals surface area contributed by atoms with Gasteiger partial charge in [0.2, 0.25) is 0 Å². The first-order valence-corrected chi connectivity index (χ1v) is 4.82. The van der Waals surface area contributed by atoms with Crippen molar-refractivity contribution >= 4 is 12.6 Å². The largest absolute Gasteiger partial charge is 0.302 e. The Labute approximate surface area is 79.6 Å². The summed E-state index contributed by atoms with van der Waals surface area (Å²) < 4.78 is 0. The van der Waals surface area contributed by atoms with Gasteiger partial charge in [0.1, 0.15) is 0 Å². The Bertz CT molecular complexity index is 210. The molecule has 1 N–H and O–H groups in total. The van der Waals surface area contributed by atoms with E-state index >= 15 is 0 Å². The normalized spacial score (nSPS) is 12.8. The van der Waals surface area contributed by atoms with Crippen LogP contribution in [0.5, 0.6) is 0 Å². The standard InChI is InChI=1S/C10H15NS/c1-2-8-11-10(12)9-6-4-3-5-7-9/h3-7,10-12H,2,8H2,1H3. The van der Waals surface area contributed by atoms with Crippen LogP contribution in [-0.2, 0) is 0 Å². The van der Waals surface area contributed by atoms with Crippen molar-refractivity contribution in [1.29, 1.82) is 0 Å². The summed E-state index contributed by atoms with van der Waals surface area (Å²) in [5.74, 6) is 0. The molecule has 0 aliphatic heterocycles. The Morgan fingerprint density at radius 1 is 1.33 bits per heavy atom. The van der Waals surface area contributed by atoms with Crippen LogP contribution in [0.1, 0.15) is 24.3 Å². The van der Waals surface area contributed by atoms with Gasteiger partial charge in [0.05, 0.1) is 5.37 Å². The van der Waals surface area contributed by atoms with Crippen LogP contribution in [0.4, 0.5) is 0 Å². The van der Waals surface area contributed by atoms with E-state index in [1.165, 1.54) is 5.56 Å².